The number of benzene rings is 2. The third-order valence-corrected chi connectivity index (χ3v) is 5.78. The number of hydrogen-bond donors (Lipinski definition) is 1. The predicted molar refractivity (Wildman–Crippen MR) is 118 cm³/mol. The first-order valence-electron chi connectivity index (χ1n) is 10.1. The Morgan fingerprint density at radius 2 is 1.91 bits per heavy atom. The van der Waals surface area contributed by atoms with Gasteiger partial charge in [-0.15, -0.1) is 11.3 Å². The van der Waals surface area contributed by atoms with E-state index in [9.17, 15) is 18.8 Å². The summed E-state index contributed by atoms with van der Waals surface area (Å²) < 4.78 is 18.7. The lowest BCUT2D eigenvalue weighted by Crippen LogP contribution is -2.26. The number of halogens is 1. The highest BCUT2D eigenvalue weighted by Crippen LogP contribution is 2.26. The molecule has 1 aliphatic heterocycles. The van der Waals surface area contributed by atoms with Crippen LogP contribution in [-0.4, -0.2) is 29.3 Å². The average Bonchev–Trinajstić information content (AvgIpc) is 3.42. The molecule has 2 aromatic carbocycles. The van der Waals surface area contributed by atoms with Crippen LogP contribution in [0.25, 0.3) is 0 Å². The molecule has 1 N–H and O–H groups in total. The fraction of sp³-hybridized carbons (Fsp3) is 0.217. The molecule has 0 spiro atoms. The third-order valence-electron chi connectivity index (χ3n) is 4.87. The minimum absolute atomic E-state index is 0.0232. The van der Waals surface area contributed by atoms with Crippen LogP contribution in [0.2, 0.25) is 0 Å². The number of rotatable bonds is 7. The molecule has 1 aliphatic rings. The number of carbonyl (C=O) groups is 3. The summed E-state index contributed by atoms with van der Waals surface area (Å²) >= 11 is 1.29. The number of nitrogens with zero attached hydrogens (tertiary/aromatic N) is 2. The maximum atomic E-state index is 13.1. The maximum Gasteiger partial charge on any atom is 0.313 e. The molecular formula is C23H20FN3O4S. The molecule has 4 rings (SSSR count). The van der Waals surface area contributed by atoms with Gasteiger partial charge in [-0.05, 0) is 30.7 Å². The van der Waals surface area contributed by atoms with Gasteiger partial charge in [0.15, 0.2) is 5.13 Å². The highest BCUT2D eigenvalue weighted by atomic mass is 32.1. The van der Waals surface area contributed by atoms with E-state index < -0.39 is 23.8 Å². The van der Waals surface area contributed by atoms with E-state index in [4.69, 9.17) is 4.74 Å². The van der Waals surface area contributed by atoms with Crippen molar-refractivity contribution in [3.8, 4) is 0 Å². The van der Waals surface area contributed by atoms with E-state index in [-0.39, 0.29) is 12.3 Å². The van der Waals surface area contributed by atoms with Crippen molar-refractivity contribution in [2.24, 2.45) is 0 Å². The quantitative estimate of drug-likeness (QED) is 0.549. The molecule has 0 saturated carbocycles. The van der Waals surface area contributed by atoms with Gasteiger partial charge < -0.3 is 10.1 Å². The summed E-state index contributed by atoms with van der Waals surface area (Å²) in [5.74, 6) is -1.59. The van der Waals surface area contributed by atoms with E-state index in [2.05, 4.69) is 10.3 Å². The van der Waals surface area contributed by atoms with E-state index in [1.54, 1.807) is 40.6 Å². The van der Waals surface area contributed by atoms with Crippen LogP contribution in [0.4, 0.5) is 15.2 Å². The SMILES string of the molecule is O=C(Cc1csc(N2CCCC2=O)n1)OC(C(=O)Nc1ccc(F)cc1)c1ccccc1. The van der Waals surface area contributed by atoms with Crippen LogP contribution in [0, 0.1) is 5.82 Å². The van der Waals surface area contributed by atoms with Crippen molar-refractivity contribution in [2.75, 3.05) is 16.8 Å². The Kier molecular flexibility index (Phi) is 6.55. The van der Waals surface area contributed by atoms with Crippen LogP contribution in [0.5, 0.6) is 0 Å². The lowest BCUT2D eigenvalue weighted by atomic mass is 10.1. The van der Waals surface area contributed by atoms with Gasteiger partial charge >= 0.3 is 5.97 Å². The smallest absolute Gasteiger partial charge is 0.313 e. The number of esters is 1. The molecule has 1 unspecified atom stereocenters. The Morgan fingerprint density at radius 3 is 2.59 bits per heavy atom. The summed E-state index contributed by atoms with van der Waals surface area (Å²) in [5.41, 5.74) is 1.36. The first kappa shape index (κ1) is 21.6. The average molecular weight is 453 g/mol. The Bertz CT molecular complexity index is 1120. The summed E-state index contributed by atoms with van der Waals surface area (Å²) in [4.78, 5) is 43.4. The minimum Gasteiger partial charge on any atom is -0.447 e. The zero-order chi connectivity index (χ0) is 22.5. The molecule has 1 aromatic heterocycles. The molecule has 0 bridgehead atoms. The van der Waals surface area contributed by atoms with E-state index in [0.29, 0.717) is 35.0 Å². The van der Waals surface area contributed by atoms with Crippen molar-refractivity contribution in [3.05, 3.63) is 77.1 Å². The van der Waals surface area contributed by atoms with Crippen molar-refractivity contribution in [2.45, 2.75) is 25.4 Å². The lowest BCUT2D eigenvalue weighted by Gasteiger charge is -2.18. The number of thiazole rings is 1. The van der Waals surface area contributed by atoms with E-state index in [1.807, 2.05) is 0 Å². The normalized spacial score (nSPS) is 14.3. The van der Waals surface area contributed by atoms with Gasteiger partial charge in [0.25, 0.3) is 5.91 Å². The molecule has 9 heteroatoms. The number of nitrogens with one attached hydrogen (secondary N) is 1. The van der Waals surface area contributed by atoms with Gasteiger partial charge in [0.2, 0.25) is 12.0 Å². The lowest BCUT2D eigenvalue weighted by molar-refractivity contribution is -0.154. The topological polar surface area (TPSA) is 88.6 Å². The van der Waals surface area contributed by atoms with Gasteiger partial charge in [0.1, 0.15) is 5.82 Å². The van der Waals surface area contributed by atoms with Crippen LogP contribution in [0.1, 0.15) is 30.2 Å². The monoisotopic (exact) mass is 453 g/mol. The highest BCUT2D eigenvalue weighted by Gasteiger charge is 2.27. The Balaban J connectivity index is 1.45. The van der Waals surface area contributed by atoms with Gasteiger partial charge in [-0.3, -0.25) is 19.3 Å². The molecule has 0 aliphatic carbocycles. The molecule has 0 radical (unpaired) electrons. The summed E-state index contributed by atoms with van der Waals surface area (Å²) in [6.45, 7) is 0.621. The summed E-state index contributed by atoms with van der Waals surface area (Å²) in [6.07, 6.45) is -0.0329. The maximum absolute atomic E-state index is 13.1. The molecule has 2 amide bonds. The second-order valence-corrected chi connectivity index (χ2v) is 8.06. The summed E-state index contributed by atoms with van der Waals surface area (Å²) in [7, 11) is 0. The summed E-state index contributed by atoms with van der Waals surface area (Å²) in [6, 6.07) is 13.9. The zero-order valence-electron chi connectivity index (χ0n) is 17.0. The Morgan fingerprint density at radius 1 is 1.16 bits per heavy atom. The van der Waals surface area contributed by atoms with Crippen LogP contribution < -0.4 is 10.2 Å². The second kappa shape index (κ2) is 9.69. The molecule has 2 heterocycles. The zero-order valence-corrected chi connectivity index (χ0v) is 17.8. The van der Waals surface area contributed by atoms with Crippen LogP contribution >= 0.6 is 11.3 Å². The molecule has 164 valence electrons. The first-order valence-corrected chi connectivity index (χ1v) is 10.9. The predicted octanol–water partition coefficient (Wildman–Crippen LogP) is 3.87. The largest absolute Gasteiger partial charge is 0.447 e. The van der Waals surface area contributed by atoms with Gasteiger partial charge in [-0.25, -0.2) is 9.37 Å². The van der Waals surface area contributed by atoms with Crippen molar-refractivity contribution in [1.82, 2.24) is 4.98 Å². The number of ether oxygens (including phenoxy) is 1. The van der Waals surface area contributed by atoms with Crippen LogP contribution in [-0.2, 0) is 25.5 Å². The van der Waals surface area contributed by atoms with E-state index in [1.165, 1.54) is 35.6 Å². The van der Waals surface area contributed by atoms with Crippen LogP contribution in [0.3, 0.4) is 0 Å². The number of anilines is 2. The molecular weight excluding hydrogens is 433 g/mol. The van der Waals surface area contributed by atoms with Crippen molar-refractivity contribution < 1.29 is 23.5 Å². The van der Waals surface area contributed by atoms with Crippen molar-refractivity contribution in [3.63, 3.8) is 0 Å². The number of aromatic nitrogens is 1. The highest BCUT2D eigenvalue weighted by molar-refractivity contribution is 7.14. The van der Waals surface area contributed by atoms with Crippen molar-refractivity contribution in [1.29, 1.82) is 0 Å². The van der Waals surface area contributed by atoms with Gasteiger partial charge in [-0.1, -0.05) is 30.3 Å². The fourth-order valence-corrected chi connectivity index (χ4v) is 4.18. The van der Waals surface area contributed by atoms with Gasteiger partial charge in [0, 0.05) is 29.6 Å². The van der Waals surface area contributed by atoms with Gasteiger partial charge in [-0.2, -0.15) is 0 Å². The first-order chi connectivity index (χ1) is 15.5. The van der Waals surface area contributed by atoms with Crippen LogP contribution in [0.15, 0.2) is 60.0 Å². The second-order valence-electron chi connectivity index (χ2n) is 7.22. The van der Waals surface area contributed by atoms with E-state index >= 15 is 0 Å². The third kappa shape index (κ3) is 5.17. The van der Waals surface area contributed by atoms with Gasteiger partial charge in [0.05, 0.1) is 12.1 Å². The fourth-order valence-electron chi connectivity index (χ4n) is 3.31. The molecule has 1 fully saturated rings. The Hall–Kier alpha value is -3.59. The molecule has 3 aromatic rings. The number of amides is 2. The van der Waals surface area contributed by atoms with E-state index in [0.717, 1.165) is 6.42 Å². The number of carbonyl (C=O) groups excluding carboxylic acids is 3. The standard InChI is InChI=1S/C23H20FN3O4S/c24-16-8-10-17(11-9-16)25-22(30)21(15-5-2-1-3-6-15)31-20(29)13-18-14-32-23(26-18)27-12-4-7-19(27)28/h1-3,5-6,8-11,14,21H,4,7,12-13H2,(H,25,30). The van der Waals surface area contributed by atoms with Crippen molar-refractivity contribution >= 4 is 39.9 Å². The molecule has 32 heavy (non-hydrogen) atoms. The summed E-state index contributed by atoms with van der Waals surface area (Å²) in [5, 5.41) is 4.91. The molecule has 1 atom stereocenters. The minimum atomic E-state index is -1.19. The number of hydrogen-bond acceptors (Lipinski definition) is 6. The molecule has 1 saturated heterocycles. The Labute approximate surface area is 187 Å². The molecule has 7 nitrogen and oxygen atoms in total.